The molecule has 0 saturated heterocycles. The van der Waals surface area contributed by atoms with Gasteiger partial charge in [0.2, 0.25) is 0 Å². The Bertz CT molecular complexity index is 346. The molecule has 1 atom stereocenters. The topological polar surface area (TPSA) is 35.5 Å². The second-order valence-electron chi connectivity index (χ2n) is 7.86. The normalized spacial score (nSPS) is 15.4. The summed E-state index contributed by atoms with van der Waals surface area (Å²) in [7, 11) is -1.73. The molecule has 0 heterocycles. The van der Waals surface area contributed by atoms with Gasteiger partial charge in [-0.2, -0.15) is 0 Å². The molecule has 0 amide bonds. The number of esters is 1. The smallest absolute Gasteiger partial charge is 0.330 e. The summed E-state index contributed by atoms with van der Waals surface area (Å²) in [5, 5.41) is 0.205. The molecule has 0 unspecified atom stereocenters. The Morgan fingerprint density at radius 1 is 1.15 bits per heavy atom. The maximum Gasteiger partial charge on any atom is 0.330 e. The first kappa shape index (κ1) is 19.4. The Morgan fingerprint density at radius 3 is 2.05 bits per heavy atom. The van der Waals surface area contributed by atoms with Gasteiger partial charge in [-0.3, -0.25) is 0 Å². The summed E-state index contributed by atoms with van der Waals surface area (Å²) in [5.74, 6) is -0.294. The van der Waals surface area contributed by atoms with Crippen LogP contribution in [0.3, 0.4) is 0 Å². The summed E-state index contributed by atoms with van der Waals surface area (Å²) >= 11 is 0. The molecular weight excluding hydrogens is 268 g/mol. The Morgan fingerprint density at radius 2 is 1.65 bits per heavy atom. The van der Waals surface area contributed by atoms with Crippen LogP contribution in [0.25, 0.3) is 0 Å². The van der Waals surface area contributed by atoms with Crippen LogP contribution in [0.15, 0.2) is 12.2 Å². The van der Waals surface area contributed by atoms with E-state index in [2.05, 4.69) is 40.8 Å². The minimum atomic E-state index is -1.73. The third-order valence-electron chi connectivity index (χ3n) is 3.43. The lowest BCUT2D eigenvalue weighted by Gasteiger charge is -2.38. The molecule has 0 aliphatic carbocycles. The molecule has 0 rings (SSSR count). The Hall–Kier alpha value is -0.613. The molecule has 0 saturated carbocycles. The lowest BCUT2D eigenvalue weighted by molar-refractivity contribution is -0.148. The van der Waals surface area contributed by atoms with Crippen LogP contribution >= 0.6 is 0 Å². The monoisotopic (exact) mass is 300 g/mol. The number of rotatable bonds is 5. The number of carbonyl (C=O) groups is 1. The molecule has 0 aromatic carbocycles. The molecule has 0 bridgehead atoms. The SMILES string of the molecule is C[C@H](C/C=C/C(=O)OC(C)(C)C)O[Si](C)(C)C(C)(C)C. The predicted octanol–water partition coefficient (Wildman–Crippen LogP) is 4.68. The summed E-state index contributed by atoms with van der Waals surface area (Å²) in [4.78, 5) is 11.5. The van der Waals surface area contributed by atoms with Crippen LogP contribution in [0.5, 0.6) is 0 Å². The molecule has 4 heteroatoms. The zero-order chi connectivity index (χ0) is 16.2. The molecule has 0 aliphatic heterocycles. The number of ether oxygens (including phenoxy) is 1. The van der Waals surface area contributed by atoms with E-state index in [9.17, 15) is 4.79 Å². The summed E-state index contributed by atoms with van der Waals surface area (Å²) in [6, 6.07) is 0. The van der Waals surface area contributed by atoms with Gasteiger partial charge in [0.1, 0.15) is 5.60 Å². The van der Waals surface area contributed by atoms with Crippen molar-refractivity contribution >= 4 is 14.3 Å². The van der Waals surface area contributed by atoms with Crippen molar-refractivity contribution in [2.24, 2.45) is 0 Å². The van der Waals surface area contributed by atoms with Crippen molar-refractivity contribution in [1.82, 2.24) is 0 Å². The standard InChI is InChI=1S/C16H32O3Si/c1-13(19-20(8,9)16(5,6)7)11-10-12-14(17)18-15(2,3)4/h10,12-13H,11H2,1-9H3/b12-10+/t13-/m1/s1. The number of carbonyl (C=O) groups excluding carboxylic acids is 1. The van der Waals surface area contributed by atoms with E-state index in [0.29, 0.717) is 0 Å². The molecular formula is C16H32O3Si. The fraction of sp³-hybridized carbons (Fsp3) is 0.812. The van der Waals surface area contributed by atoms with E-state index in [4.69, 9.17) is 9.16 Å². The lowest BCUT2D eigenvalue weighted by Crippen LogP contribution is -2.43. The molecule has 0 fully saturated rings. The maximum atomic E-state index is 11.5. The molecule has 0 spiro atoms. The average Bonchev–Trinajstić information content (AvgIpc) is 2.11. The zero-order valence-corrected chi connectivity index (χ0v) is 15.7. The molecule has 0 N–H and O–H groups in total. The van der Waals surface area contributed by atoms with Crippen LogP contribution in [-0.4, -0.2) is 26.0 Å². The Balaban J connectivity index is 4.31. The zero-order valence-electron chi connectivity index (χ0n) is 14.7. The van der Waals surface area contributed by atoms with Crippen molar-refractivity contribution in [2.45, 2.75) is 84.7 Å². The minimum absolute atomic E-state index is 0.120. The van der Waals surface area contributed by atoms with Crippen LogP contribution in [0, 0.1) is 0 Å². The summed E-state index contributed by atoms with van der Waals surface area (Å²) in [6.07, 6.45) is 4.18. The lowest BCUT2D eigenvalue weighted by atomic mass is 10.2. The number of hydrogen-bond donors (Lipinski definition) is 0. The van der Waals surface area contributed by atoms with Gasteiger partial charge in [-0.15, -0.1) is 0 Å². The fourth-order valence-electron chi connectivity index (χ4n) is 1.42. The molecule has 118 valence electrons. The molecule has 0 aliphatic rings. The van der Waals surface area contributed by atoms with Gasteiger partial charge in [-0.25, -0.2) is 4.79 Å². The quantitative estimate of drug-likeness (QED) is 0.420. The van der Waals surface area contributed by atoms with Crippen molar-refractivity contribution in [3.63, 3.8) is 0 Å². The van der Waals surface area contributed by atoms with Crippen molar-refractivity contribution in [1.29, 1.82) is 0 Å². The van der Waals surface area contributed by atoms with Gasteiger partial charge >= 0.3 is 5.97 Å². The highest BCUT2D eigenvalue weighted by Crippen LogP contribution is 2.37. The van der Waals surface area contributed by atoms with Crippen LogP contribution < -0.4 is 0 Å². The van der Waals surface area contributed by atoms with Gasteiger partial charge in [0, 0.05) is 12.2 Å². The van der Waals surface area contributed by atoms with E-state index in [1.54, 1.807) is 0 Å². The van der Waals surface area contributed by atoms with Gasteiger partial charge in [-0.05, 0) is 52.2 Å². The highest BCUT2D eigenvalue weighted by molar-refractivity contribution is 6.74. The van der Waals surface area contributed by atoms with Crippen molar-refractivity contribution in [2.75, 3.05) is 0 Å². The predicted molar refractivity (Wildman–Crippen MR) is 87.3 cm³/mol. The van der Waals surface area contributed by atoms with E-state index in [-0.39, 0.29) is 17.1 Å². The summed E-state index contributed by atoms with van der Waals surface area (Å²) < 4.78 is 11.4. The maximum absolute atomic E-state index is 11.5. The van der Waals surface area contributed by atoms with Gasteiger partial charge in [-0.1, -0.05) is 26.8 Å². The van der Waals surface area contributed by atoms with Crippen molar-refractivity contribution in [3.8, 4) is 0 Å². The van der Waals surface area contributed by atoms with Crippen molar-refractivity contribution < 1.29 is 14.0 Å². The van der Waals surface area contributed by atoms with E-state index >= 15 is 0 Å². The third kappa shape index (κ3) is 7.85. The van der Waals surface area contributed by atoms with E-state index in [1.165, 1.54) is 6.08 Å². The second kappa shape index (κ2) is 6.90. The summed E-state index contributed by atoms with van der Waals surface area (Å²) in [6.45, 7) is 18.8. The second-order valence-corrected chi connectivity index (χ2v) is 12.6. The Kier molecular flexibility index (Phi) is 6.69. The largest absolute Gasteiger partial charge is 0.457 e. The van der Waals surface area contributed by atoms with Gasteiger partial charge in [0.05, 0.1) is 0 Å². The van der Waals surface area contributed by atoms with Gasteiger partial charge in [0.15, 0.2) is 8.32 Å². The molecule has 0 aromatic heterocycles. The van der Waals surface area contributed by atoms with Gasteiger partial charge < -0.3 is 9.16 Å². The van der Waals surface area contributed by atoms with E-state index in [0.717, 1.165) is 6.42 Å². The first-order valence-corrected chi connectivity index (χ1v) is 10.2. The molecule has 3 nitrogen and oxygen atoms in total. The summed E-state index contributed by atoms with van der Waals surface area (Å²) in [5.41, 5.74) is -0.440. The van der Waals surface area contributed by atoms with Crippen LogP contribution in [0.4, 0.5) is 0 Å². The van der Waals surface area contributed by atoms with Crippen LogP contribution in [-0.2, 0) is 14.0 Å². The van der Waals surface area contributed by atoms with Crippen molar-refractivity contribution in [3.05, 3.63) is 12.2 Å². The fourth-order valence-corrected chi connectivity index (χ4v) is 2.88. The first-order valence-electron chi connectivity index (χ1n) is 7.32. The average molecular weight is 301 g/mol. The number of hydrogen-bond acceptors (Lipinski definition) is 3. The minimum Gasteiger partial charge on any atom is -0.457 e. The van der Waals surface area contributed by atoms with Gasteiger partial charge in [0.25, 0.3) is 0 Å². The highest BCUT2D eigenvalue weighted by Gasteiger charge is 2.38. The van der Waals surface area contributed by atoms with Crippen LogP contribution in [0.1, 0.15) is 54.9 Å². The third-order valence-corrected chi connectivity index (χ3v) is 8.03. The van der Waals surface area contributed by atoms with E-state index in [1.807, 2.05) is 26.8 Å². The first-order chi connectivity index (χ1) is 8.74. The molecule has 0 aromatic rings. The molecule has 0 radical (unpaired) electrons. The van der Waals surface area contributed by atoms with E-state index < -0.39 is 13.9 Å². The highest BCUT2D eigenvalue weighted by atomic mass is 28.4. The van der Waals surface area contributed by atoms with Crippen LogP contribution in [0.2, 0.25) is 18.1 Å². The Labute approximate surface area is 125 Å². The molecule has 20 heavy (non-hydrogen) atoms.